The van der Waals surface area contributed by atoms with E-state index in [1.807, 2.05) is 45.8 Å². The number of benzene rings is 1. The van der Waals surface area contributed by atoms with Crippen LogP contribution in [0.3, 0.4) is 0 Å². The minimum atomic E-state index is -0.389. The molecule has 0 aliphatic rings. The molecule has 1 aromatic rings. The van der Waals surface area contributed by atoms with Gasteiger partial charge in [-0.25, -0.2) is 4.79 Å². The number of nitrogens with zero attached hydrogens (tertiary/aromatic N) is 2. The molecule has 1 amide bonds. The lowest BCUT2D eigenvalue weighted by atomic mass is 9.85. The number of amides is 1. The van der Waals surface area contributed by atoms with Crippen LogP contribution in [0.5, 0.6) is 5.75 Å². The van der Waals surface area contributed by atoms with Gasteiger partial charge in [-0.2, -0.15) is 0 Å². The number of rotatable bonds is 6. The Bertz CT molecular complexity index is 606. The minimum Gasteiger partial charge on any atom is -0.461 e. The summed E-state index contributed by atoms with van der Waals surface area (Å²) in [5, 5.41) is 0. The van der Waals surface area contributed by atoms with Gasteiger partial charge in [0.25, 0.3) is 0 Å². The normalized spacial score (nSPS) is 11.4. The van der Waals surface area contributed by atoms with Gasteiger partial charge in [-0.1, -0.05) is 26.8 Å². The summed E-state index contributed by atoms with van der Waals surface area (Å²) in [5.41, 5.74) is 1.54. The molecule has 0 fully saturated rings. The molecule has 1 rings (SSSR count). The molecule has 0 heterocycles. The molecule has 140 valence electrons. The van der Waals surface area contributed by atoms with E-state index in [2.05, 4.69) is 0 Å². The second-order valence-electron chi connectivity index (χ2n) is 7.45. The average molecular weight is 350 g/mol. The highest BCUT2D eigenvalue weighted by Gasteiger charge is 2.22. The summed E-state index contributed by atoms with van der Waals surface area (Å²) in [5.74, 6) is 0.205. The fourth-order valence-electron chi connectivity index (χ4n) is 2.14. The minimum absolute atomic E-state index is 0.204. The third-order valence-corrected chi connectivity index (χ3v) is 3.69. The van der Waals surface area contributed by atoms with Gasteiger partial charge in [0.15, 0.2) is 0 Å². The lowest BCUT2D eigenvalue weighted by Gasteiger charge is -2.25. The second kappa shape index (κ2) is 8.85. The van der Waals surface area contributed by atoms with E-state index in [9.17, 15) is 9.59 Å². The molecular weight excluding hydrogens is 320 g/mol. The van der Waals surface area contributed by atoms with Gasteiger partial charge < -0.3 is 19.3 Å². The molecule has 0 radical (unpaired) electrons. The standard InChI is InChI=1S/C19H30N2O4/c1-14(22)24-13-15-8-9-17(16(12-15)19(2,3)4)25-18(23)21(7)11-10-20(5)6/h8-9,12H,10-11,13H2,1-7H3. The van der Waals surface area contributed by atoms with E-state index in [0.717, 1.165) is 17.7 Å². The summed E-state index contributed by atoms with van der Waals surface area (Å²) >= 11 is 0. The third kappa shape index (κ3) is 7.13. The van der Waals surface area contributed by atoms with E-state index in [1.165, 1.54) is 6.92 Å². The van der Waals surface area contributed by atoms with Gasteiger partial charge in [0, 0.05) is 32.6 Å². The molecule has 6 heteroatoms. The van der Waals surface area contributed by atoms with Crippen LogP contribution in [0.1, 0.15) is 38.8 Å². The van der Waals surface area contributed by atoms with Gasteiger partial charge in [0.05, 0.1) is 0 Å². The Morgan fingerprint density at radius 2 is 1.72 bits per heavy atom. The van der Waals surface area contributed by atoms with Crippen molar-refractivity contribution < 1.29 is 19.1 Å². The van der Waals surface area contributed by atoms with Crippen molar-refractivity contribution in [3.8, 4) is 5.75 Å². The van der Waals surface area contributed by atoms with Crippen molar-refractivity contribution in [1.29, 1.82) is 0 Å². The van der Waals surface area contributed by atoms with Crippen molar-refractivity contribution in [2.45, 2.75) is 39.7 Å². The number of ether oxygens (including phenoxy) is 2. The predicted octanol–water partition coefficient (Wildman–Crippen LogP) is 3.04. The number of hydrogen-bond donors (Lipinski definition) is 0. The molecule has 0 aliphatic carbocycles. The fraction of sp³-hybridized carbons (Fsp3) is 0.579. The Balaban J connectivity index is 2.94. The molecule has 0 N–H and O–H groups in total. The highest BCUT2D eigenvalue weighted by Crippen LogP contribution is 2.32. The molecule has 6 nitrogen and oxygen atoms in total. The van der Waals surface area contributed by atoms with Crippen molar-refractivity contribution in [3.63, 3.8) is 0 Å². The smallest absolute Gasteiger partial charge is 0.415 e. The van der Waals surface area contributed by atoms with Crippen molar-refractivity contribution in [2.75, 3.05) is 34.2 Å². The maximum atomic E-state index is 12.3. The number of esters is 1. The van der Waals surface area contributed by atoms with Gasteiger partial charge in [-0.05, 0) is 37.2 Å². The number of carbonyl (C=O) groups is 2. The molecule has 0 aliphatic heterocycles. The van der Waals surface area contributed by atoms with Crippen LogP contribution in [-0.2, 0) is 21.6 Å². The van der Waals surface area contributed by atoms with Crippen molar-refractivity contribution in [2.24, 2.45) is 0 Å². The van der Waals surface area contributed by atoms with E-state index in [1.54, 1.807) is 24.1 Å². The van der Waals surface area contributed by atoms with Crippen LogP contribution in [0.25, 0.3) is 0 Å². The van der Waals surface area contributed by atoms with E-state index in [0.29, 0.717) is 12.3 Å². The Labute approximate surface area is 150 Å². The molecule has 0 unspecified atom stereocenters. The monoisotopic (exact) mass is 350 g/mol. The van der Waals surface area contributed by atoms with Crippen LogP contribution in [-0.4, -0.2) is 56.1 Å². The maximum Gasteiger partial charge on any atom is 0.415 e. The van der Waals surface area contributed by atoms with Gasteiger partial charge >= 0.3 is 12.1 Å². The zero-order valence-corrected chi connectivity index (χ0v) is 16.4. The highest BCUT2D eigenvalue weighted by atomic mass is 16.6. The van der Waals surface area contributed by atoms with Crippen LogP contribution >= 0.6 is 0 Å². The predicted molar refractivity (Wildman–Crippen MR) is 97.8 cm³/mol. The Morgan fingerprint density at radius 3 is 2.24 bits per heavy atom. The van der Waals surface area contributed by atoms with E-state index in [-0.39, 0.29) is 24.1 Å². The molecule has 0 spiro atoms. The largest absolute Gasteiger partial charge is 0.461 e. The zero-order chi connectivity index (χ0) is 19.2. The van der Waals surface area contributed by atoms with Crippen LogP contribution < -0.4 is 4.74 Å². The van der Waals surface area contributed by atoms with Crippen LogP contribution in [0, 0.1) is 0 Å². The van der Waals surface area contributed by atoms with E-state index in [4.69, 9.17) is 9.47 Å². The molecule has 0 saturated carbocycles. The van der Waals surface area contributed by atoms with Gasteiger partial charge in [0.2, 0.25) is 0 Å². The molecule has 0 aromatic heterocycles. The lowest BCUT2D eigenvalue weighted by Crippen LogP contribution is -2.35. The quantitative estimate of drug-likeness (QED) is 0.738. The van der Waals surface area contributed by atoms with Crippen LogP contribution in [0.4, 0.5) is 4.79 Å². The summed E-state index contributed by atoms with van der Waals surface area (Å²) in [6, 6.07) is 5.49. The lowest BCUT2D eigenvalue weighted by molar-refractivity contribution is -0.142. The maximum absolute atomic E-state index is 12.3. The van der Waals surface area contributed by atoms with E-state index < -0.39 is 0 Å². The summed E-state index contributed by atoms with van der Waals surface area (Å²) in [6.07, 6.45) is -0.389. The first-order valence-electron chi connectivity index (χ1n) is 8.35. The van der Waals surface area contributed by atoms with Crippen molar-refractivity contribution in [1.82, 2.24) is 9.80 Å². The average Bonchev–Trinajstić information content (AvgIpc) is 2.50. The van der Waals surface area contributed by atoms with Crippen molar-refractivity contribution in [3.05, 3.63) is 29.3 Å². The first-order chi connectivity index (χ1) is 11.5. The molecule has 0 bridgehead atoms. The second-order valence-corrected chi connectivity index (χ2v) is 7.45. The number of carbonyl (C=O) groups excluding carboxylic acids is 2. The summed E-state index contributed by atoms with van der Waals surface area (Å²) in [4.78, 5) is 26.9. The van der Waals surface area contributed by atoms with Crippen molar-refractivity contribution >= 4 is 12.1 Å². The molecule has 25 heavy (non-hydrogen) atoms. The summed E-state index contributed by atoms with van der Waals surface area (Å²) in [7, 11) is 5.63. The molecule has 0 saturated heterocycles. The summed E-state index contributed by atoms with van der Waals surface area (Å²) in [6.45, 7) is 9.07. The summed E-state index contributed by atoms with van der Waals surface area (Å²) < 4.78 is 10.7. The van der Waals surface area contributed by atoms with E-state index >= 15 is 0 Å². The first-order valence-corrected chi connectivity index (χ1v) is 8.35. The fourth-order valence-corrected chi connectivity index (χ4v) is 2.14. The highest BCUT2D eigenvalue weighted by molar-refractivity contribution is 5.71. The van der Waals surface area contributed by atoms with Gasteiger partial charge in [-0.15, -0.1) is 0 Å². The number of likely N-dealkylation sites (N-methyl/N-ethyl adjacent to an activating group) is 2. The Morgan fingerprint density at radius 1 is 1.08 bits per heavy atom. The molecule has 1 aromatic carbocycles. The number of hydrogen-bond acceptors (Lipinski definition) is 5. The first kappa shape index (κ1) is 21.0. The topological polar surface area (TPSA) is 59.1 Å². The zero-order valence-electron chi connectivity index (χ0n) is 16.4. The van der Waals surface area contributed by atoms with Gasteiger partial charge in [-0.3, -0.25) is 4.79 Å². The van der Waals surface area contributed by atoms with Gasteiger partial charge in [0.1, 0.15) is 12.4 Å². The SMILES string of the molecule is CC(=O)OCc1ccc(OC(=O)N(C)CCN(C)C)c(C(C)(C)C)c1. The Kier molecular flexibility index (Phi) is 7.42. The molecule has 0 atom stereocenters. The third-order valence-electron chi connectivity index (χ3n) is 3.69. The molecular formula is C19H30N2O4. The van der Waals surface area contributed by atoms with Crippen LogP contribution in [0.2, 0.25) is 0 Å². The van der Waals surface area contributed by atoms with Crippen LogP contribution in [0.15, 0.2) is 18.2 Å². The Hall–Kier alpha value is -2.08.